The van der Waals surface area contributed by atoms with E-state index in [1.54, 1.807) is 12.1 Å². The summed E-state index contributed by atoms with van der Waals surface area (Å²) in [6.45, 7) is 0. The molecule has 0 N–H and O–H groups in total. The number of carbonyl (C=O) groups excluding carboxylic acids is 1. The van der Waals surface area contributed by atoms with Gasteiger partial charge in [-0.15, -0.1) is 0 Å². The van der Waals surface area contributed by atoms with E-state index in [-0.39, 0.29) is 11.5 Å². The van der Waals surface area contributed by atoms with Crippen LogP contribution < -0.4 is 0 Å². The van der Waals surface area contributed by atoms with E-state index in [1.807, 2.05) is 18.2 Å². The summed E-state index contributed by atoms with van der Waals surface area (Å²) < 4.78 is 0. The Balaban J connectivity index is 1.67. The fourth-order valence-electron chi connectivity index (χ4n) is 4.57. The quantitative estimate of drug-likeness (QED) is 0.316. The number of non-ortho nitro benzene ring substituents is 1. The molecular weight excluding hydrogens is 362 g/mol. The molecule has 0 saturated heterocycles. The molecule has 0 bridgehead atoms. The van der Waals surface area contributed by atoms with Crippen molar-refractivity contribution in [2.75, 3.05) is 0 Å². The van der Waals surface area contributed by atoms with Crippen molar-refractivity contribution in [1.82, 2.24) is 0 Å². The fourth-order valence-corrected chi connectivity index (χ4v) is 4.57. The largest absolute Gasteiger partial charge is 0.289 e. The van der Waals surface area contributed by atoms with Crippen LogP contribution in [-0.2, 0) is 6.42 Å². The lowest BCUT2D eigenvalue weighted by molar-refractivity contribution is -0.384. The zero-order valence-corrected chi connectivity index (χ0v) is 15.9. The molecule has 0 fully saturated rings. The number of carbonyl (C=O) groups is 1. The van der Waals surface area contributed by atoms with Gasteiger partial charge in [0.25, 0.3) is 5.69 Å². The zero-order chi connectivity index (χ0) is 20.0. The Morgan fingerprint density at radius 1 is 0.931 bits per heavy atom. The average molecular weight is 381 g/mol. The van der Waals surface area contributed by atoms with Gasteiger partial charge in [-0.2, -0.15) is 0 Å². The number of rotatable bonds is 3. The summed E-state index contributed by atoms with van der Waals surface area (Å²) in [4.78, 5) is 23.8. The van der Waals surface area contributed by atoms with Crippen LogP contribution in [0.15, 0.2) is 72.3 Å². The van der Waals surface area contributed by atoms with Crippen molar-refractivity contribution in [2.24, 2.45) is 0 Å². The van der Waals surface area contributed by atoms with Crippen LogP contribution in [0.2, 0.25) is 0 Å². The summed E-state index contributed by atoms with van der Waals surface area (Å²) >= 11 is 0. The van der Waals surface area contributed by atoms with Gasteiger partial charge >= 0.3 is 0 Å². The lowest BCUT2D eigenvalue weighted by Crippen LogP contribution is -2.10. The molecular formula is C25H19NO3. The molecule has 0 aliphatic heterocycles. The van der Waals surface area contributed by atoms with Crippen LogP contribution in [-0.4, -0.2) is 10.7 Å². The number of fused-ring (bicyclic) bond motifs is 4. The molecule has 4 heteroatoms. The number of allylic oxidation sites excluding steroid dienone is 4. The third kappa shape index (κ3) is 2.88. The maximum atomic E-state index is 13.3. The summed E-state index contributed by atoms with van der Waals surface area (Å²) in [6, 6.07) is 16.0. The van der Waals surface area contributed by atoms with E-state index in [4.69, 9.17) is 0 Å². The van der Waals surface area contributed by atoms with E-state index < -0.39 is 4.92 Å². The maximum Gasteiger partial charge on any atom is 0.269 e. The molecule has 0 spiro atoms. The Hall–Kier alpha value is -3.53. The molecule has 0 unspecified atom stereocenters. The van der Waals surface area contributed by atoms with Crippen molar-refractivity contribution in [3.05, 3.63) is 105 Å². The van der Waals surface area contributed by atoms with Crippen molar-refractivity contribution in [3.63, 3.8) is 0 Å². The van der Waals surface area contributed by atoms with Crippen LogP contribution in [0.3, 0.4) is 0 Å². The Labute approximate surface area is 168 Å². The van der Waals surface area contributed by atoms with Gasteiger partial charge < -0.3 is 0 Å². The van der Waals surface area contributed by atoms with E-state index >= 15 is 0 Å². The lowest BCUT2D eigenvalue weighted by Gasteiger charge is -2.26. The number of nitro benzene ring substituents is 1. The molecule has 2 aliphatic carbocycles. The predicted octanol–water partition coefficient (Wildman–Crippen LogP) is 6.03. The van der Waals surface area contributed by atoms with Gasteiger partial charge in [-0.1, -0.05) is 48.1 Å². The van der Waals surface area contributed by atoms with Crippen LogP contribution in [0, 0.1) is 10.1 Å². The first-order chi connectivity index (χ1) is 14.1. The molecule has 0 radical (unpaired) electrons. The molecule has 4 nitrogen and oxygen atoms in total. The zero-order valence-electron chi connectivity index (χ0n) is 15.9. The lowest BCUT2D eigenvalue weighted by atomic mass is 9.78. The van der Waals surface area contributed by atoms with Gasteiger partial charge in [0.1, 0.15) is 0 Å². The van der Waals surface area contributed by atoms with E-state index in [1.165, 1.54) is 34.4 Å². The second-order valence-electron chi connectivity index (χ2n) is 7.59. The summed E-state index contributed by atoms with van der Waals surface area (Å²) in [5.74, 6) is -0.0992. The van der Waals surface area contributed by atoms with Crippen molar-refractivity contribution >= 4 is 27.8 Å². The van der Waals surface area contributed by atoms with E-state index in [9.17, 15) is 14.9 Å². The highest BCUT2D eigenvalue weighted by Gasteiger charge is 2.23. The molecule has 3 aromatic rings. The van der Waals surface area contributed by atoms with Crippen LogP contribution in [0.25, 0.3) is 16.3 Å². The monoisotopic (exact) mass is 381 g/mol. The summed E-state index contributed by atoms with van der Waals surface area (Å²) in [6.07, 6.45) is 8.64. The molecule has 2 aliphatic rings. The highest BCUT2D eigenvalue weighted by Crippen LogP contribution is 2.41. The fraction of sp³-hybridized carbons (Fsp3) is 0.160. The predicted molar refractivity (Wildman–Crippen MR) is 114 cm³/mol. The first kappa shape index (κ1) is 17.6. The van der Waals surface area contributed by atoms with Gasteiger partial charge in [0, 0.05) is 23.3 Å². The number of hydrogen-bond acceptors (Lipinski definition) is 3. The number of nitro groups is 1. The van der Waals surface area contributed by atoms with E-state index in [0.29, 0.717) is 11.1 Å². The topological polar surface area (TPSA) is 60.2 Å². The molecule has 0 amide bonds. The molecule has 0 atom stereocenters. The molecule has 142 valence electrons. The minimum atomic E-state index is -0.453. The number of hydrogen-bond donors (Lipinski definition) is 0. The molecule has 29 heavy (non-hydrogen) atoms. The first-order valence-electron chi connectivity index (χ1n) is 9.86. The molecule has 0 aromatic heterocycles. The third-order valence-electron chi connectivity index (χ3n) is 5.98. The van der Waals surface area contributed by atoms with Crippen LogP contribution in [0.4, 0.5) is 5.69 Å². The normalized spacial score (nSPS) is 15.2. The van der Waals surface area contributed by atoms with Gasteiger partial charge in [-0.3, -0.25) is 14.9 Å². The van der Waals surface area contributed by atoms with Crippen LogP contribution >= 0.6 is 0 Å². The second-order valence-corrected chi connectivity index (χ2v) is 7.59. The minimum Gasteiger partial charge on any atom is -0.289 e. The highest BCUT2D eigenvalue weighted by molar-refractivity contribution is 6.17. The average Bonchev–Trinajstić information content (AvgIpc) is 2.77. The standard InChI is InChI=1S/C25H19NO3/c27-25(18-8-12-19(13-9-18)26(28)29)23-7-3-5-17-11-14-21-20-6-2-1-4-16(20)10-15-22(21)24(17)23/h2-3,5-9,11-14H,1,4,10,15H2. The molecule has 0 heterocycles. The second kappa shape index (κ2) is 6.82. The third-order valence-corrected chi connectivity index (χ3v) is 5.98. The van der Waals surface area contributed by atoms with Crippen molar-refractivity contribution in [1.29, 1.82) is 0 Å². The van der Waals surface area contributed by atoms with Crippen molar-refractivity contribution in [2.45, 2.75) is 25.7 Å². The van der Waals surface area contributed by atoms with Gasteiger partial charge in [0.2, 0.25) is 0 Å². The van der Waals surface area contributed by atoms with Crippen molar-refractivity contribution < 1.29 is 9.72 Å². The Morgan fingerprint density at radius 2 is 1.76 bits per heavy atom. The van der Waals surface area contributed by atoms with Gasteiger partial charge in [0.05, 0.1) is 4.92 Å². The number of aryl methyl sites for hydroxylation is 1. The van der Waals surface area contributed by atoms with Crippen molar-refractivity contribution in [3.8, 4) is 0 Å². The van der Waals surface area contributed by atoms with Gasteiger partial charge in [-0.25, -0.2) is 0 Å². The van der Waals surface area contributed by atoms with Gasteiger partial charge in [-0.05, 0) is 65.3 Å². The molecule has 0 saturated carbocycles. The van der Waals surface area contributed by atoms with Gasteiger partial charge in [0.15, 0.2) is 5.78 Å². The smallest absolute Gasteiger partial charge is 0.269 e. The van der Waals surface area contributed by atoms with E-state index in [2.05, 4.69) is 24.3 Å². The number of nitrogens with zero attached hydrogens (tertiary/aromatic N) is 1. The number of ketones is 1. The summed E-state index contributed by atoms with van der Waals surface area (Å²) in [7, 11) is 0. The first-order valence-corrected chi connectivity index (χ1v) is 9.86. The summed E-state index contributed by atoms with van der Waals surface area (Å²) in [5.41, 5.74) is 6.42. The summed E-state index contributed by atoms with van der Waals surface area (Å²) in [5, 5.41) is 13.0. The van der Waals surface area contributed by atoms with Crippen LogP contribution in [0.1, 0.15) is 46.3 Å². The highest BCUT2D eigenvalue weighted by atomic mass is 16.6. The molecule has 3 aromatic carbocycles. The minimum absolute atomic E-state index is 0.0135. The Morgan fingerprint density at radius 3 is 2.55 bits per heavy atom. The molecule has 5 rings (SSSR count). The number of benzene rings is 3. The maximum absolute atomic E-state index is 13.3. The Bertz CT molecular complexity index is 1230. The SMILES string of the molecule is O=C(c1ccc([N+](=O)[O-])cc1)c1cccc2ccc3c(c12)CCC1=C3C=CCC1. The van der Waals surface area contributed by atoms with Crippen LogP contribution in [0.5, 0.6) is 0 Å². The van der Waals surface area contributed by atoms with E-state index in [0.717, 1.165) is 36.5 Å². The Kier molecular flexibility index (Phi) is 4.13.